The van der Waals surface area contributed by atoms with Crippen molar-refractivity contribution >= 4 is 5.96 Å². The summed E-state index contributed by atoms with van der Waals surface area (Å²) in [6, 6.07) is 0.536. The zero-order valence-electron chi connectivity index (χ0n) is 10.5. The first-order valence-electron chi connectivity index (χ1n) is 6.45. The largest absolute Gasteiger partial charge is 0.370 e. The van der Waals surface area contributed by atoms with Crippen LogP contribution in [0.2, 0.25) is 0 Å². The third-order valence-electron chi connectivity index (χ3n) is 3.18. The average Bonchev–Trinajstić information content (AvgIpc) is 3.01. The van der Waals surface area contributed by atoms with Gasteiger partial charge >= 0.3 is 0 Å². The highest BCUT2D eigenvalue weighted by molar-refractivity contribution is 5.78. The number of rotatable bonds is 3. The van der Waals surface area contributed by atoms with Crippen molar-refractivity contribution in [1.29, 1.82) is 0 Å². The molecule has 1 aliphatic heterocycles. The second-order valence-electron chi connectivity index (χ2n) is 5.40. The SMILES string of the molecule is CC(C)CN1CCN(C(N)=NC2CC2)CC1. The Labute approximate surface area is 98.5 Å². The molecule has 0 bridgehead atoms. The summed E-state index contributed by atoms with van der Waals surface area (Å²) < 4.78 is 0. The number of hydrogen-bond donors (Lipinski definition) is 1. The van der Waals surface area contributed by atoms with E-state index >= 15 is 0 Å². The van der Waals surface area contributed by atoms with Crippen LogP contribution in [0, 0.1) is 5.92 Å². The molecule has 0 amide bonds. The number of aliphatic imine (C=N–C) groups is 1. The summed E-state index contributed by atoms with van der Waals surface area (Å²) >= 11 is 0. The van der Waals surface area contributed by atoms with Crippen molar-refractivity contribution < 1.29 is 0 Å². The van der Waals surface area contributed by atoms with E-state index in [1.807, 2.05) is 0 Å². The summed E-state index contributed by atoms with van der Waals surface area (Å²) in [5.74, 6) is 1.52. The van der Waals surface area contributed by atoms with Crippen molar-refractivity contribution in [2.24, 2.45) is 16.6 Å². The standard InChI is InChI=1S/C12H24N4/c1-10(2)9-15-5-7-16(8-6-15)12(13)14-11-3-4-11/h10-11H,3-9H2,1-2H3,(H2,13,14). The lowest BCUT2D eigenvalue weighted by molar-refractivity contribution is 0.165. The van der Waals surface area contributed by atoms with Crippen molar-refractivity contribution in [2.75, 3.05) is 32.7 Å². The molecule has 2 fully saturated rings. The van der Waals surface area contributed by atoms with E-state index in [-0.39, 0.29) is 0 Å². The Bertz CT molecular complexity index is 250. The Morgan fingerprint density at radius 3 is 2.38 bits per heavy atom. The van der Waals surface area contributed by atoms with Crippen LogP contribution in [0.25, 0.3) is 0 Å². The first-order chi connectivity index (χ1) is 7.65. The van der Waals surface area contributed by atoms with Gasteiger partial charge in [0.2, 0.25) is 0 Å². The van der Waals surface area contributed by atoms with Crippen molar-refractivity contribution in [3.63, 3.8) is 0 Å². The van der Waals surface area contributed by atoms with Crippen LogP contribution in [0.4, 0.5) is 0 Å². The van der Waals surface area contributed by atoms with Crippen LogP contribution >= 0.6 is 0 Å². The molecule has 2 rings (SSSR count). The molecule has 4 heteroatoms. The third kappa shape index (κ3) is 3.37. The second kappa shape index (κ2) is 5.04. The lowest BCUT2D eigenvalue weighted by Crippen LogP contribution is -2.51. The molecular formula is C12H24N4. The highest BCUT2D eigenvalue weighted by Gasteiger charge is 2.23. The molecule has 0 radical (unpaired) electrons. The minimum Gasteiger partial charge on any atom is -0.370 e. The molecule has 16 heavy (non-hydrogen) atoms. The maximum absolute atomic E-state index is 5.99. The van der Waals surface area contributed by atoms with Gasteiger partial charge in [-0.05, 0) is 18.8 Å². The molecule has 0 atom stereocenters. The Morgan fingerprint density at radius 2 is 1.88 bits per heavy atom. The number of nitrogens with two attached hydrogens (primary N) is 1. The fourth-order valence-electron chi connectivity index (χ4n) is 2.15. The van der Waals surface area contributed by atoms with Gasteiger partial charge in [0.15, 0.2) is 5.96 Å². The van der Waals surface area contributed by atoms with E-state index in [2.05, 4.69) is 28.6 Å². The highest BCUT2D eigenvalue weighted by Crippen LogP contribution is 2.23. The Hall–Kier alpha value is -0.770. The van der Waals surface area contributed by atoms with Crippen LogP contribution in [0.1, 0.15) is 26.7 Å². The number of piperazine rings is 1. The van der Waals surface area contributed by atoms with E-state index in [9.17, 15) is 0 Å². The lowest BCUT2D eigenvalue weighted by Gasteiger charge is -2.36. The molecule has 1 saturated heterocycles. The van der Waals surface area contributed by atoms with Gasteiger partial charge in [-0.3, -0.25) is 4.90 Å². The van der Waals surface area contributed by atoms with Gasteiger partial charge in [0.05, 0.1) is 6.04 Å². The van der Waals surface area contributed by atoms with E-state index in [1.165, 1.54) is 19.4 Å². The van der Waals surface area contributed by atoms with Crippen LogP contribution in [0.15, 0.2) is 4.99 Å². The summed E-state index contributed by atoms with van der Waals surface area (Å²) in [4.78, 5) is 9.25. The quantitative estimate of drug-likeness (QED) is 0.568. The maximum atomic E-state index is 5.99. The van der Waals surface area contributed by atoms with Crippen molar-refractivity contribution in [1.82, 2.24) is 9.80 Å². The molecule has 0 unspecified atom stereocenters. The lowest BCUT2D eigenvalue weighted by atomic mass is 10.2. The summed E-state index contributed by atoms with van der Waals surface area (Å²) in [5, 5.41) is 0. The van der Waals surface area contributed by atoms with Gasteiger partial charge in [-0.2, -0.15) is 0 Å². The van der Waals surface area contributed by atoms with Crippen molar-refractivity contribution in [3.8, 4) is 0 Å². The Kier molecular flexibility index (Phi) is 3.69. The topological polar surface area (TPSA) is 44.9 Å². The molecule has 0 aromatic carbocycles. The fraction of sp³-hybridized carbons (Fsp3) is 0.917. The van der Waals surface area contributed by atoms with E-state index in [1.54, 1.807) is 0 Å². The Balaban J connectivity index is 1.75. The van der Waals surface area contributed by atoms with Gasteiger partial charge in [0.25, 0.3) is 0 Å². The molecule has 2 aliphatic rings. The fourth-order valence-corrected chi connectivity index (χ4v) is 2.15. The predicted octanol–water partition coefficient (Wildman–Crippen LogP) is 0.737. The number of nitrogens with zero attached hydrogens (tertiary/aromatic N) is 3. The summed E-state index contributed by atoms with van der Waals surface area (Å²) in [7, 11) is 0. The number of guanidine groups is 1. The summed E-state index contributed by atoms with van der Waals surface area (Å²) in [6.45, 7) is 10.1. The molecule has 1 saturated carbocycles. The minimum absolute atomic E-state index is 0.536. The van der Waals surface area contributed by atoms with Gasteiger partial charge in [0, 0.05) is 32.7 Å². The van der Waals surface area contributed by atoms with E-state index < -0.39 is 0 Å². The van der Waals surface area contributed by atoms with Gasteiger partial charge < -0.3 is 10.6 Å². The summed E-state index contributed by atoms with van der Waals surface area (Å²) in [5.41, 5.74) is 5.99. The van der Waals surface area contributed by atoms with Crippen LogP contribution in [0.3, 0.4) is 0 Å². The molecule has 1 aliphatic carbocycles. The second-order valence-corrected chi connectivity index (χ2v) is 5.40. The normalized spacial score (nSPS) is 24.2. The van der Waals surface area contributed by atoms with Gasteiger partial charge in [-0.15, -0.1) is 0 Å². The third-order valence-corrected chi connectivity index (χ3v) is 3.18. The Morgan fingerprint density at radius 1 is 1.25 bits per heavy atom. The first-order valence-corrected chi connectivity index (χ1v) is 6.45. The molecule has 0 aromatic rings. The van der Waals surface area contributed by atoms with Gasteiger partial charge in [-0.25, -0.2) is 4.99 Å². The van der Waals surface area contributed by atoms with Crippen molar-refractivity contribution in [2.45, 2.75) is 32.7 Å². The van der Waals surface area contributed by atoms with Crippen molar-refractivity contribution in [3.05, 3.63) is 0 Å². The average molecular weight is 224 g/mol. The molecule has 2 N–H and O–H groups in total. The van der Waals surface area contributed by atoms with E-state index in [0.29, 0.717) is 6.04 Å². The molecule has 0 spiro atoms. The zero-order valence-corrected chi connectivity index (χ0v) is 10.5. The van der Waals surface area contributed by atoms with Crippen LogP contribution in [-0.2, 0) is 0 Å². The number of hydrogen-bond acceptors (Lipinski definition) is 2. The maximum Gasteiger partial charge on any atom is 0.191 e. The minimum atomic E-state index is 0.536. The smallest absolute Gasteiger partial charge is 0.191 e. The van der Waals surface area contributed by atoms with Gasteiger partial charge in [-0.1, -0.05) is 13.8 Å². The molecule has 1 heterocycles. The molecular weight excluding hydrogens is 200 g/mol. The van der Waals surface area contributed by atoms with Gasteiger partial charge in [0.1, 0.15) is 0 Å². The van der Waals surface area contributed by atoms with Crippen LogP contribution in [-0.4, -0.2) is 54.5 Å². The predicted molar refractivity (Wildman–Crippen MR) is 67.5 cm³/mol. The molecule has 92 valence electrons. The van der Waals surface area contributed by atoms with E-state index in [4.69, 9.17) is 5.73 Å². The molecule has 0 aromatic heterocycles. The molecule has 4 nitrogen and oxygen atoms in total. The zero-order chi connectivity index (χ0) is 11.5. The van der Waals surface area contributed by atoms with Crippen LogP contribution in [0.5, 0.6) is 0 Å². The monoisotopic (exact) mass is 224 g/mol. The first kappa shape index (κ1) is 11.7. The highest BCUT2D eigenvalue weighted by atomic mass is 15.3. The van der Waals surface area contributed by atoms with E-state index in [0.717, 1.165) is 38.1 Å². The summed E-state index contributed by atoms with van der Waals surface area (Å²) in [6.07, 6.45) is 2.46. The van der Waals surface area contributed by atoms with Crippen LogP contribution < -0.4 is 5.73 Å².